The molecule has 0 bridgehead atoms. The van der Waals surface area contributed by atoms with Crippen LogP contribution in [0.3, 0.4) is 0 Å². The molecule has 3 atom stereocenters. The Morgan fingerprint density at radius 1 is 1.12 bits per heavy atom. The number of allylic oxidation sites excluding steroid dienone is 2. The molecule has 0 aromatic heterocycles. The Balaban J connectivity index is 0. The van der Waals surface area contributed by atoms with Gasteiger partial charge in [0.15, 0.2) is 6.73 Å². The second-order valence-corrected chi connectivity index (χ2v) is 6.41. The number of hydrogen-bond donors (Lipinski definition) is 2. The van der Waals surface area contributed by atoms with Crippen LogP contribution in [-0.4, -0.2) is 53.0 Å². The van der Waals surface area contributed by atoms with E-state index in [0.29, 0.717) is 6.54 Å². The first-order valence-corrected chi connectivity index (χ1v) is 8.32. The summed E-state index contributed by atoms with van der Waals surface area (Å²) in [5.74, 6) is -3.48. The summed E-state index contributed by atoms with van der Waals surface area (Å²) < 4.78 is 0.0834. The summed E-state index contributed by atoms with van der Waals surface area (Å²) in [4.78, 5) is 22.2. The molecular formula is C17H31KNO5+. The smallest absolute Gasteiger partial charge is 0.550 e. The van der Waals surface area contributed by atoms with E-state index in [2.05, 4.69) is 19.1 Å². The molecule has 3 unspecified atom stereocenters. The van der Waals surface area contributed by atoms with Crippen molar-refractivity contribution >= 4 is 11.9 Å². The van der Waals surface area contributed by atoms with Gasteiger partial charge in [-0.05, 0) is 32.6 Å². The molecule has 0 saturated carbocycles. The van der Waals surface area contributed by atoms with Crippen LogP contribution in [0.2, 0.25) is 0 Å². The van der Waals surface area contributed by atoms with Gasteiger partial charge in [-0.25, -0.2) is 0 Å². The van der Waals surface area contributed by atoms with Crippen LogP contribution in [0.5, 0.6) is 0 Å². The molecule has 0 spiro atoms. The summed E-state index contributed by atoms with van der Waals surface area (Å²) in [6, 6.07) is 0. The number of aliphatic carboxylic acids is 2. The quantitative estimate of drug-likeness (QED) is 0.129. The second-order valence-electron chi connectivity index (χ2n) is 6.41. The number of carbonyl (C=O) groups excluding carboxylic acids is 1. The second kappa shape index (κ2) is 14.4. The van der Waals surface area contributed by atoms with Gasteiger partial charge in [0.1, 0.15) is 5.92 Å². The Bertz CT molecular complexity index is 378. The van der Waals surface area contributed by atoms with Crippen LogP contribution in [-0.2, 0) is 9.59 Å². The first kappa shape index (κ1) is 26.5. The molecule has 6 nitrogen and oxygen atoms in total. The van der Waals surface area contributed by atoms with Crippen molar-refractivity contribution in [1.82, 2.24) is 0 Å². The van der Waals surface area contributed by atoms with Crippen molar-refractivity contribution in [3.05, 3.63) is 12.2 Å². The van der Waals surface area contributed by atoms with Crippen LogP contribution in [0.4, 0.5) is 0 Å². The van der Waals surface area contributed by atoms with Gasteiger partial charge < -0.3 is 20.1 Å². The maximum absolute atomic E-state index is 11.1. The van der Waals surface area contributed by atoms with E-state index in [1.165, 1.54) is 6.92 Å². The van der Waals surface area contributed by atoms with Crippen molar-refractivity contribution in [1.29, 1.82) is 0 Å². The molecule has 0 radical (unpaired) electrons. The van der Waals surface area contributed by atoms with Gasteiger partial charge >= 0.3 is 57.4 Å². The van der Waals surface area contributed by atoms with E-state index in [1.54, 1.807) is 6.92 Å². The first-order valence-electron chi connectivity index (χ1n) is 8.32. The molecule has 0 aromatic rings. The van der Waals surface area contributed by atoms with Gasteiger partial charge in [0, 0.05) is 11.9 Å². The number of carbonyl (C=O) groups is 2. The molecule has 0 fully saturated rings. The third-order valence-corrected chi connectivity index (χ3v) is 4.10. The predicted molar refractivity (Wildman–Crippen MR) is 86.2 cm³/mol. The average Bonchev–Trinajstić information content (AvgIpc) is 2.50. The Hall–Kier alpha value is 0.236. The van der Waals surface area contributed by atoms with Crippen molar-refractivity contribution in [3.63, 3.8) is 0 Å². The standard InChI is InChI=1S/C17H31NO5.K/c1-4-5-6-7-8-9-10-18(13-19,11-14(2)16(20)21)12-15(3)17(22)23;/h5-6,14-15,19H,4,7-13H2,1-3H3,(H-,20,21,22,23);/q;+1/b6-5+;. The Morgan fingerprint density at radius 3 is 2.17 bits per heavy atom. The molecule has 0 aliphatic rings. The molecule has 2 N–H and O–H groups in total. The summed E-state index contributed by atoms with van der Waals surface area (Å²) in [5.41, 5.74) is 0. The van der Waals surface area contributed by atoms with Crippen molar-refractivity contribution in [2.75, 3.05) is 26.4 Å². The zero-order valence-electron chi connectivity index (χ0n) is 15.5. The maximum Gasteiger partial charge on any atom is 1.00 e. The van der Waals surface area contributed by atoms with Gasteiger partial charge in [-0.3, -0.25) is 9.28 Å². The van der Waals surface area contributed by atoms with Crippen molar-refractivity contribution in [2.24, 2.45) is 11.8 Å². The van der Waals surface area contributed by atoms with Crippen LogP contribution < -0.4 is 56.5 Å². The largest absolute Gasteiger partial charge is 1.00 e. The number of carboxylic acid groups (broad SMARTS) is 2. The van der Waals surface area contributed by atoms with Crippen molar-refractivity contribution in [2.45, 2.75) is 46.5 Å². The van der Waals surface area contributed by atoms with Crippen LogP contribution in [0.15, 0.2) is 12.2 Å². The van der Waals surface area contributed by atoms with Gasteiger partial charge in [-0.2, -0.15) is 0 Å². The number of aliphatic hydroxyl groups is 1. The number of rotatable bonds is 13. The molecule has 7 heteroatoms. The van der Waals surface area contributed by atoms with E-state index in [4.69, 9.17) is 5.11 Å². The fraction of sp³-hybridized carbons (Fsp3) is 0.765. The van der Waals surface area contributed by atoms with Crippen LogP contribution in [0, 0.1) is 11.8 Å². The average molecular weight is 369 g/mol. The molecule has 0 heterocycles. The minimum absolute atomic E-state index is 0. The number of nitrogens with zero attached hydrogens (tertiary/aromatic N) is 1. The minimum Gasteiger partial charge on any atom is -0.550 e. The number of carboxylic acids is 2. The number of unbranched alkanes of at least 4 members (excludes halogenated alkanes) is 2. The summed E-state index contributed by atoms with van der Waals surface area (Å²) in [6.45, 7) is 5.88. The Morgan fingerprint density at radius 2 is 1.71 bits per heavy atom. The summed E-state index contributed by atoms with van der Waals surface area (Å²) in [7, 11) is 0. The van der Waals surface area contributed by atoms with Crippen molar-refractivity contribution in [3.8, 4) is 0 Å². The van der Waals surface area contributed by atoms with Gasteiger partial charge in [-0.15, -0.1) is 0 Å². The molecule has 0 rings (SSSR count). The SMILES string of the molecule is CC/C=C/CCCC[N+](CO)(CC(C)C(=O)[O-])CC(C)C(=O)O.[K+]. The molecule has 0 saturated heterocycles. The minimum atomic E-state index is -1.17. The van der Waals surface area contributed by atoms with Crippen LogP contribution >= 0.6 is 0 Å². The molecular weight excluding hydrogens is 337 g/mol. The number of quaternary nitrogens is 1. The summed E-state index contributed by atoms with van der Waals surface area (Å²) >= 11 is 0. The Labute approximate surface area is 187 Å². The fourth-order valence-electron chi connectivity index (χ4n) is 2.75. The van der Waals surface area contributed by atoms with E-state index in [0.717, 1.165) is 25.7 Å². The number of aliphatic hydroxyl groups excluding tert-OH is 1. The predicted octanol–water partition coefficient (Wildman–Crippen LogP) is -2.00. The zero-order valence-corrected chi connectivity index (χ0v) is 18.7. The fourth-order valence-corrected chi connectivity index (χ4v) is 2.75. The molecule has 134 valence electrons. The zero-order chi connectivity index (χ0) is 17.9. The molecule has 0 aliphatic heterocycles. The third kappa shape index (κ3) is 11.0. The molecule has 0 amide bonds. The Kier molecular flexibility index (Phi) is 15.9. The van der Waals surface area contributed by atoms with E-state index in [-0.39, 0.29) is 75.7 Å². The summed E-state index contributed by atoms with van der Waals surface area (Å²) in [6.07, 6.45) is 7.87. The van der Waals surface area contributed by atoms with Crippen LogP contribution in [0.1, 0.15) is 46.5 Å². The molecule has 0 aromatic carbocycles. The van der Waals surface area contributed by atoms with Gasteiger partial charge in [0.25, 0.3) is 0 Å². The monoisotopic (exact) mass is 368 g/mol. The van der Waals surface area contributed by atoms with E-state index >= 15 is 0 Å². The normalized spacial score (nSPS) is 16.2. The van der Waals surface area contributed by atoms with E-state index in [1.807, 2.05) is 0 Å². The topological polar surface area (TPSA) is 97.7 Å². The molecule has 0 aliphatic carbocycles. The van der Waals surface area contributed by atoms with E-state index < -0.39 is 23.8 Å². The van der Waals surface area contributed by atoms with Gasteiger partial charge in [0.2, 0.25) is 0 Å². The van der Waals surface area contributed by atoms with Crippen LogP contribution in [0.25, 0.3) is 0 Å². The molecule has 24 heavy (non-hydrogen) atoms. The number of hydrogen-bond acceptors (Lipinski definition) is 4. The van der Waals surface area contributed by atoms with Gasteiger partial charge in [-0.1, -0.05) is 26.0 Å². The maximum atomic E-state index is 11.1. The van der Waals surface area contributed by atoms with Crippen molar-refractivity contribution < 1.29 is 80.8 Å². The summed E-state index contributed by atoms with van der Waals surface area (Å²) in [5, 5.41) is 30.0. The third-order valence-electron chi connectivity index (χ3n) is 4.10. The van der Waals surface area contributed by atoms with E-state index in [9.17, 15) is 19.8 Å². The van der Waals surface area contributed by atoms with Gasteiger partial charge in [0.05, 0.1) is 19.6 Å². The first-order chi connectivity index (χ1) is 10.8.